The largest absolute Gasteiger partial charge is 0.480 e. The van der Waals surface area contributed by atoms with Gasteiger partial charge < -0.3 is 9.84 Å². The normalized spacial score (nSPS) is 26.1. The van der Waals surface area contributed by atoms with Crippen molar-refractivity contribution in [1.29, 1.82) is 0 Å². The summed E-state index contributed by atoms with van der Waals surface area (Å²) in [7, 11) is -3.31. The molecule has 0 saturated carbocycles. The zero-order valence-corrected chi connectivity index (χ0v) is 17.8. The summed E-state index contributed by atoms with van der Waals surface area (Å²) < 4.78 is 58.4. The Bertz CT molecular complexity index is 983. The van der Waals surface area contributed by atoms with Gasteiger partial charge in [-0.3, -0.25) is 13.9 Å². The lowest BCUT2D eigenvalue weighted by atomic mass is 9.78. The first-order chi connectivity index (χ1) is 14.7. The van der Waals surface area contributed by atoms with Gasteiger partial charge in [0, 0.05) is 23.7 Å². The zero-order valence-electron chi connectivity index (χ0n) is 17.0. The number of halogens is 2. The summed E-state index contributed by atoms with van der Waals surface area (Å²) >= 11 is 0. The molecule has 4 rings (SSSR count). The number of hydrogen-bond acceptors (Lipinski definition) is 5. The lowest BCUT2D eigenvalue weighted by Crippen LogP contribution is -2.53. The third-order valence-corrected chi connectivity index (χ3v) is 8.77. The molecular formula is C22H25F2NO5S. The second-order valence-electron chi connectivity index (χ2n) is 8.27. The van der Waals surface area contributed by atoms with Crippen molar-refractivity contribution >= 4 is 16.7 Å². The van der Waals surface area contributed by atoms with Gasteiger partial charge in [0.05, 0.1) is 18.5 Å². The Morgan fingerprint density at radius 1 is 1.16 bits per heavy atom. The minimum atomic E-state index is -3.31. The molecule has 2 saturated heterocycles. The first kappa shape index (κ1) is 22.2. The van der Waals surface area contributed by atoms with Crippen LogP contribution in [0.1, 0.15) is 41.7 Å². The molecule has 0 radical (unpaired) electrons. The van der Waals surface area contributed by atoms with Gasteiger partial charge in [-0.15, -0.1) is 10.8 Å². The Hall–Kier alpha value is -2.04. The van der Waals surface area contributed by atoms with Crippen LogP contribution in [0.15, 0.2) is 42.5 Å². The summed E-state index contributed by atoms with van der Waals surface area (Å²) in [6.07, 6.45) is 1.23. The van der Waals surface area contributed by atoms with E-state index < -0.39 is 39.0 Å². The Kier molecular flexibility index (Phi) is 5.82. The molecule has 9 heteroatoms. The van der Waals surface area contributed by atoms with Crippen LogP contribution < -0.4 is 0 Å². The highest BCUT2D eigenvalue weighted by Crippen LogP contribution is 2.63. The summed E-state index contributed by atoms with van der Waals surface area (Å²) in [5.74, 6) is -2.90. The second kappa shape index (κ2) is 8.14. The van der Waals surface area contributed by atoms with Gasteiger partial charge in [-0.1, -0.05) is 30.3 Å². The van der Waals surface area contributed by atoms with Crippen LogP contribution in [0.25, 0.3) is 0 Å². The van der Waals surface area contributed by atoms with Crippen LogP contribution in [0.5, 0.6) is 0 Å². The van der Waals surface area contributed by atoms with Gasteiger partial charge in [0.15, 0.2) is 0 Å². The number of carboxylic acids is 1. The first-order valence-electron chi connectivity index (χ1n) is 10.0. The van der Waals surface area contributed by atoms with Crippen LogP contribution in [0, 0.1) is 11.6 Å². The fraction of sp³-hybridized carbons (Fsp3) is 0.409. The van der Waals surface area contributed by atoms with E-state index in [9.17, 15) is 27.8 Å². The molecule has 2 aliphatic heterocycles. The second-order valence-corrected chi connectivity index (χ2v) is 10.4. The van der Waals surface area contributed by atoms with Crippen LogP contribution >= 0.6 is 10.8 Å². The summed E-state index contributed by atoms with van der Waals surface area (Å²) in [5, 5.41) is 8.96. The van der Waals surface area contributed by atoms with E-state index in [1.54, 1.807) is 0 Å². The molecule has 0 unspecified atom stereocenters. The molecule has 0 aliphatic carbocycles. The molecule has 0 amide bonds. The Labute approximate surface area is 180 Å². The highest BCUT2D eigenvalue weighted by Gasteiger charge is 2.50. The van der Waals surface area contributed by atoms with Crippen molar-refractivity contribution in [3.05, 3.63) is 70.8 Å². The van der Waals surface area contributed by atoms with Crippen LogP contribution in [-0.2, 0) is 21.5 Å². The maximum absolute atomic E-state index is 15.0. The number of carboxylic acid groups (broad SMARTS) is 1. The minimum Gasteiger partial charge on any atom is -0.480 e. The van der Waals surface area contributed by atoms with Crippen molar-refractivity contribution in [2.45, 2.75) is 43.0 Å². The average Bonchev–Trinajstić information content (AvgIpc) is 2.67. The van der Waals surface area contributed by atoms with Crippen LogP contribution in [0.3, 0.4) is 0 Å². The first-order valence-corrected chi connectivity index (χ1v) is 11.6. The third-order valence-electron chi connectivity index (χ3n) is 6.32. The average molecular weight is 454 g/mol. The summed E-state index contributed by atoms with van der Waals surface area (Å²) in [4.78, 5) is 11.6. The summed E-state index contributed by atoms with van der Waals surface area (Å²) in [5.41, 5.74) is -1.12. The number of aliphatic carboxylic acids is 1. The topological polar surface area (TPSA) is 90.2 Å². The van der Waals surface area contributed by atoms with E-state index in [4.69, 9.17) is 4.74 Å². The molecule has 2 fully saturated rings. The van der Waals surface area contributed by atoms with Crippen molar-refractivity contribution < 1.29 is 32.5 Å². The minimum absolute atomic E-state index is 0.0532. The van der Waals surface area contributed by atoms with Gasteiger partial charge in [0.2, 0.25) is 0 Å². The van der Waals surface area contributed by atoms with Crippen molar-refractivity contribution in [3.8, 4) is 0 Å². The monoisotopic (exact) mass is 453 g/mol. The quantitative estimate of drug-likeness (QED) is 0.608. The van der Waals surface area contributed by atoms with Gasteiger partial charge in [-0.05, 0) is 37.5 Å². The van der Waals surface area contributed by atoms with E-state index >= 15 is 0 Å². The number of benzene rings is 2. The Morgan fingerprint density at radius 2 is 1.84 bits per heavy atom. The maximum Gasteiger partial charge on any atom is 0.319 e. The molecule has 2 aromatic carbocycles. The predicted molar refractivity (Wildman–Crippen MR) is 113 cm³/mol. The van der Waals surface area contributed by atoms with Crippen molar-refractivity contribution in [2.24, 2.45) is 0 Å². The highest BCUT2D eigenvalue weighted by molar-refractivity contribution is 8.22. The van der Waals surface area contributed by atoms with E-state index in [1.165, 1.54) is 4.31 Å². The molecule has 168 valence electrons. The molecule has 3 N–H and O–H groups in total. The van der Waals surface area contributed by atoms with Gasteiger partial charge >= 0.3 is 5.97 Å². The van der Waals surface area contributed by atoms with Gasteiger partial charge in [0.1, 0.15) is 17.0 Å². The zero-order chi connectivity index (χ0) is 22.4. The smallest absolute Gasteiger partial charge is 0.319 e. The number of hydrogen-bond donors (Lipinski definition) is 3. The number of ether oxygens (including phenoxy) is 1. The van der Waals surface area contributed by atoms with E-state index in [2.05, 4.69) is 0 Å². The summed E-state index contributed by atoms with van der Waals surface area (Å²) in [6, 6.07) is 10.8. The molecule has 0 spiro atoms. The number of nitrogens with zero attached hydrogens (tertiary/aromatic N) is 1. The Morgan fingerprint density at radius 3 is 2.42 bits per heavy atom. The number of rotatable bonds is 5. The van der Waals surface area contributed by atoms with Gasteiger partial charge in [-0.25, -0.2) is 8.78 Å². The molecule has 31 heavy (non-hydrogen) atoms. The maximum atomic E-state index is 15.0. The van der Waals surface area contributed by atoms with E-state index in [0.29, 0.717) is 12.8 Å². The van der Waals surface area contributed by atoms with Crippen LogP contribution in [0.2, 0.25) is 0 Å². The molecular weight excluding hydrogens is 428 g/mol. The third kappa shape index (κ3) is 3.74. The number of carbonyl (C=O) groups is 1. The van der Waals surface area contributed by atoms with Crippen molar-refractivity contribution in [1.82, 2.24) is 4.31 Å². The SMILES string of the molecule is C[C@H]1CC[C@H](c2ccccc2)S(O)(O)N1Cc1cc(F)c(C2(C(=O)O)COC2)cc1F. The van der Waals surface area contributed by atoms with E-state index in [1.807, 2.05) is 37.3 Å². The van der Waals surface area contributed by atoms with E-state index in [-0.39, 0.29) is 36.9 Å². The molecule has 2 atom stereocenters. The fourth-order valence-electron chi connectivity index (χ4n) is 4.33. The fourth-order valence-corrected chi connectivity index (χ4v) is 6.60. The molecule has 2 heterocycles. The summed E-state index contributed by atoms with van der Waals surface area (Å²) in [6.45, 7) is 1.18. The standard InChI is InChI=1S/C22H25F2NO5S/c1-14-7-8-20(15-5-3-2-4-6-15)31(28,29)25(14)11-16-9-19(24)17(10-18(16)23)22(21(26)27)12-30-13-22/h2-6,9-10,14,20,28-29H,7-8,11-13H2,1H3,(H,26,27)/t14-,20+/m0/s1. The molecule has 6 nitrogen and oxygen atoms in total. The van der Waals surface area contributed by atoms with Gasteiger partial charge in [0.25, 0.3) is 0 Å². The van der Waals surface area contributed by atoms with Crippen molar-refractivity contribution in [2.75, 3.05) is 13.2 Å². The van der Waals surface area contributed by atoms with Gasteiger partial charge in [-0.2, -0.15) is 4.31 Å². The van der Waals surface area contributed by atoms with Crippen LogP contribution in [-0.4, -0.2) is 43.7 Å². The van der Waals surface area contributed by atoms with Crippen molar-refractivity contribution in [3.63, 3.8) is 0 Å². The predicted octanol–water partition coefficient (Wildman–Crippen LogP) is 4.71. The molecule has 0 aromatic heterocycles. The van der Waals surface area contributed by atoms with E-state index in [0.717, 1.165) is 17.7 Å². The molecule has 0 bridgehead atoms. The lowest BCUT2D eigenvalue weighted by Gasteiger charge is -2.54. The highest BCUT2D eigenvalue weighted by atomic mass is 32.3. The van der Waals surface area contributed by atoms with Crippen LogP contribution in [0.4, 0.5) is 8.78 Å². The molecule has 2 aliphatic rings. The lowest BCUT2D eigenvalue weighted by molar-refractivity contribution is -0.163. The molecule has 2 aromatic rings. The Balaban J connectivity index is 1.65.